The number of nitrogens with zero attached hydrogens (tertiary/aromatic N) is 1. The van der Waals surface area contributed by atoms with E-state index in [1.165, 1.54) is 92.7 Å². The maximum absolute atomic E-state index is 2.69. The number of rotatable bonds is 4. The Labute approximate surface area is 279 Å². The number of aryl methyl sites for hydroxylation is 1. The van der Waals surface area contributed by atoms with Gasteiger partial charge in [0.15, 0.2) is 0 Å². The van der Waals surface area contributed by atoms with Crippen LogP contribution in [0.15, 0.2) is 146 Å². The van der Waals surface area contributed by atoms with E-state index in [0.717, 1.165) is 0 Å². The molecule has 3 aliphatic rings. The average Bonchev–Trinajstić information content (AvgIpc) is 3.52. The Morgan fingerprint density at radius 2 is 1.11 bits per heavy atom. The van der Waals surface area contributed by atoms with Crippen molar-refractivity contribution in [3.63, 3.8) is 0 Å². The summed E-state index contributed by atoms with van der Waals surface area (Å²) in [5, 5.41) is 0. The third-order valence-electron chi connectivity index (χ3n) is 12.2. The van der Waals surface area contributed by atoms with E-state index in [1.54, 1.807) is 0 Å². The van der Waals surface area contributed by atoms with Gasteiger partial charge in [-0.25, -0.2) is 0 Å². The van der Waals surface area contributed by atoms with Gasteiger partial charge in [0, 0.05) is 16.8 Å². The average molecular weight is 608 g/mol. The lowest BCUT2D eigenvalue weighted by molar-refractivity contribution is 0.195. The first-order valence-corrected chi connectivity index (χ1v) is 17.3. The number of para-hydroxylation sites is 1. The molecule has 1 heteroatoms. The second-order valence-corrected chi connectivity index (χ2v) is 14.5. The number of fused-ring (bicyclic) bond motifs is 6. The Bertz CT molecular complexity index is 2090. The molecule has 0 radical (unpaired) electrons. The minimum Gasteiger partial charge on any atom is -0.334 e. The summed E-state index contributed by atoms with van der Waals surface area (Å²) < 4.78 is 0. The fraction of sp³-hybridized carbons (Fsp3) is 0.217. The van der Waals surface area contributed by atoms with Gasteiger partial charge >= 0.3 is 0 Å². The van der Waals surface area contributed by atoms with E-state index in [4.69, 9.17) is 0 Å². The molecule has 0 aromatic heterocycles. The molecule has 1 saturated carbocycles. The fourth-order valence-electron chi connectivity index (χ4n) is 9.79. The molecule has 230 valence electrons. The van der Waals surface area contributed by atoms with E-state index in [0.29, 0.717) is 0 Å². The zero-order chi connectivity index (χ0) is 31.8. The molecule has 1 aliphatic heterocycles. The van der Waals surface area contributed by atoms with Gasteiger partial charge in [-0.1, -0.05) is 135 Å². The van der Waals surface area contributed by atoms with E-state index in [2.05, 4.69) is 171 Å². The summed E-state index contributed by atoms with van der Waals surface area (Å²) >= 11 is 0. The number of anilines is 2. The predicted molar refractivity (Wildman–Crippen MR) is 197 cm³/mol. The highest BCUT2D eigenvalue weighted by Crippen LogP contribution is 2.62. The Kier molecular flexibility index (Phi) is 6.22. The van der Waals surface area contributed by atoms with Crippen molar-refractivity contribution >= 4 is 11.4 Å². The smallest absolute Gasteiger partial charge is 0.0713 e. The summed E-state index contributed by atoms with van der Waals surface area (Å²) in [5.74, 6) is 0. The third-order valence-corrected chi connectivity index (χ3v) is 12.2. The van der Waals surface area contributed by atoms with Crippen LogP contribution in [0, 0.1) is 6.92 Å². The molecule has 1 heterocycles. The Morgan fingerprint density at radius 3 is 1.81 bits per heavy atom. The van der Waals surface area contributed by atoms with Crippen molar-refractivity contribution in [2.24, 2.45) is 0 Å². The second-order valence-electron chi connectivity index (χ2n) is 14.5. The van der Waals surface area contributed by atoms with Gasteiger partial charge in [-0.3, -0.25) is 0 Å². The molecule has 6 aromatic carbocycles. The van der Waals surface area contributed by atoms with Gasteiger partial charge in [-0.05, 0) is 113 Å². The van der Waals surface area contributed by atoms with Crippen LogP contribution >= 0.6 is 0 Å². The summed E-state index contributed by atoms with van der Waals surface area (Å²) in [6, 6.07) is 54.7. The molecule has 0 bridgehead atoms. The van der Waals surface area contributed by atoms with Gasteiger partial charge in [0.2, 0.25) is 0 Å². The van der Waals surface area contributed by atoms with Crippen LogP contribution in [0.4, 0.5) is 11.4 Å². The molecule has 1 fully saturated rings. The van der Waals surface area contributed by atoms with Gasteiger partial charge in [0.05, 0.1) is 11.0 Å². The van der Waals surface area contributed by atoms with Crippen molar-refractivity contribution in [3.8, 4) is 22.3 Å². The molecule has 47 heavy (non-hydrogen) atoms. The summed E-state index contributed by atoms with van der Waals surface area (Å²) in [5.41, 5.74) is 16.0. The van der Waals surface area contributed by atoms with E-state index in [1.807, 2.05) is 0 Å². The highest BCUT2D eigenvalue weighted by molar-refractivity contribution is 5.90. The lowest BCUT2D eigenvalue weighted by Gasteiger charge is -2.50. The van der Waals surface area contributed by atoms with Gasteiger partial charge in [-0.15, -0.1) is 0 Å². The molecule has 2 atom stereocenters. The Morgan fingerprint density at radius 1 is 0.511 bits per heavy atom. The van der Waals surface area contributed by atoms with Crippen LogP contribution in [0.1, 0.15) is 72.9 Å². The fourth-order valence-corrected chi connectivity index (χ4v) is 9.79. The van der Waals surface area contributed by atoms with Crippen LogP contribution < -0.4 is 4.90 Å². The zero-order valence-corrected chi connectivity index (χ0v) is 27.6. The topological polar surface area (TPSA) is 3.24 Å². The van der Waals surface area contributed by atoms with Crippen LogP contribution in [0.5, 0.6) is 0 Å². The summed E-state index contributed by atoms with van der Waals surface area (Å²) in [6.07, 6.45) is 4.99. The summed E-state index contributed by atoms with van der Waals surface area (Å²) in [4.78, 5) is 2.69. The zero-order valence-electron chi connectivity index (χ0n) is 27.6. The van der Waals surface area contributed by atoms with Crippen molar-refractivity contribution in [2.75, 3.05) is 4.90 Å². The number of benzene rings is 6. The van der Waals surface area contributed by atoms with E-state index >= 15 is 0 Å². The quantitative estimate of drug-likeness (QED) is 0.192. The first-order chi connectivity index (χ1) is 23.0. The Balaban J connectivity index is 1.26. The molecular weight excluding hydrogens is 567 g/mol. The predicted octanol–water partition coefficient (Wildman–Crippen LogP) is 11.8. The van der Waals surface area contributed by atoms with Crippen molar-refractivity contribution in [1.82, 2.24) is 0 Å². The van der Waals surface area contributed by atoms with E-state index in [9.17, 15) is 0 Å². The molecule has 9 rings (SSSR count). The lowest BCUT2D eigenvalue weighted by Crippen LogP contribution is -2.54. The van der Waals surface area contributed by atoms with Crippen LogP contribution in [0.3, 0.4) is 0 Å². The number of hydrogen-bond donors (Lipinski definition) is 0. The first-order valence-electron chi connectivity index (χ1n) is 17.3. The monoisotopic (exact) mass is 607 g/mol. The van der Waals surface area contributed by atoms with Gasteiger partial charge in [0.1, 0.15) is 0 Å². The first kappa shape index (κ1) is 28.4. The molecule has 1 nitrogen and oxygen atoms in total. The minimum atomic E-state index is -0.368. The van der Waals surface area contributed by atoms with Crippen LogP contribution in [-0.4, -0.2) is 5.54 Å². The van der Waals surface area contributed by atoms with Gasteiger partial charge in [0.25, 0.3) is 0 Å². The van der Waals surface area contributed by atoms with Crippen molar-refractivity contribution in [2.45, 2.75) is 62.8 Å². The van der Waals surface area contributed by atoms with E-state index in [-0.39, 0.29) is 16.4 Å². The number of hydrogen-bond acceptors (Lipinski definition) is 1. The molecule has 0 spiro atoms. The molecule has 0 amide bonds. The van der Waals surface area contributed by atoms with Gasteiger partial charge < -0.3 is 4.90 Å². The van der Waals surface area contributed by atoms with Gasteiger partial charge in [-0.2, -0.15) is 0 Å². The maximum Gasteiger partial charge on any atom is 0.0713 e. The second kappa shape index (κ2) is 10.3. The highest BCUT2D eigenvalue weighted by Gasteiger charge is 2.57. The SMILES string of the molecule is Cc1cc2c(cc1-c1ccc3c(c1)-c1ccccc1C3(c1ccccc1)c1ccccc1)C1(C)CCCCC1(C)N2c1ccccc1. The summed E-state index contributed by atoms with van der Waals surface area (Å²) in [6.45, 7) is 7.37. The lowest BCUT2D eigenvalue weighted by atomic mass is 9.61. The van der Waals surface area contributed by atoms with E-state index < -0.39 is 0 Å². The van der Waals surface area contributed by atoms with Crippen molar-refractivity contribution in [3.05, 3.63) is 179 Å². The minimum absolute atomic E-state index is 0.0435. The molecule has 0 N–H and O–H groups in total. The highest BCUT2D eigenvalue weighted by atomic mass is 15.3. The van der Waals surface area contributed by atoms with Crippen molar-refractivity contribution < 1.29 is 0 Å². The molecule has 2 aliphatic carbocycles. The van der Waals surface area contributed by atoms with Crippen LogP contribution in [-0.2, 0) is 10.8 Å². The molecule has 0 saturated heterocycles. The molecule has 2 unspecified atom stereocenters. The molecular formula is C46H41N. The Hall–Kier alpha value is -4.88. The maximum atomic E-state index is 2.69. The summed E-state index contributed by atoms with van der Waals surface area (Å²) in [7, 11) is 0. The normalized spacial score (nSPS) is 21.9. The largest absolute Gasteiger partial charge is 0.334 e. The third kappa shape index (κ3) is 3.77. The van der Waals surface area contributed by atoms with Crippen LogP contribution in [0.2, 0.25) is 0 Å². The van der Waals surface area contributed by atoms with Crippen molar-refractivity contribution in [1.29, 1.82) is 0 Å². The van der Waals surface area contributed by atoms with Crippen LogP contribution in [0.25, 0.3) is 22.3 Å². The molecule has 6 aromatic rings. The standard InChI is InChI=1S/C46H41N/c1-32-29-43-42(44(2)27-15-16-28-45(44,3)47(43)36-21-11-6-12-22-36)31-38(32)33-25-26-41-39(30-33)37-23-13-14-24-40(37)46(41,34-17-7-4-8-18-34)35-19-9-5-10-20-35/h4-14,17-26,29-31H,15-16,27-28H2,1-3H3.